The summed E-state index contributed by atoms with van der Waals surface area (Å²) in [7, 11) is 0. The van der Waals surface area contributed by atoms with Gasteiger partial charge in [-0.25, -0.2) is 0 Å². The van der Waals surface area contributed by atoms with Crippen molar-refractivity contribution >= 4 is 44.2 Å². The van der Waals surface area contributed by atoms with Gasteiger partial charge in [-0.2, -0.15) is 0 Å². The molecule has 4 aromatic rings. The molecule has 0 bridgehead atoms. The molecule has 144 valence electrons. The summed E-state index contributed by atoms with van der Waals surface area (Å²) >= 11 is 3.43. The number of fused-ring (bicyclic) bond motifs is 1. The monoisotopic (exact) mass is 447 g/mol. The molecule has 7 heteroatoms. The van der Waals surface area contributed by atoms with E-state index < -0.39 is 0 Å². The van der Waals surface area contributed by atoms with Crippen LogP contribution in [0.5, 0.6) is 0 Å². The van der Waals surface area contributed by atoms with Crippen molar-refractivity contribution in [3.63, 3.8) is 0 Å². The van der Waals surface area contributed by atoms with Crippen LogP contribution in [-0.2, 0) is 0 Å². The van der Waals surface area contributed by atoms with Gasteiger partial charge >= 0.3 is 0 Å². The number of rotatable bonds is 5. The fraction of sp³-hybridized carbons (Fsp3) is 0.0909. The van der Waals surface area contributed by atoms with E-state index in [1.165, 1.54) is 0 Å². The average Bonchev–Trinajstić information content (AvgIpc) is 2.75. The Morgan fingerprint density at radius 3 is 2.52 bits per heavy atom. The van der Waals surface area contributed by atoms with Gasteiger partial charge in [0.25, 0.3) is 5.91 Å². The number of carbonyl (C=O) groups is 1. The number of nitrogens with one attached hydrogen (secondary N) is 2. The highest BCUT2D eigenvalue weighted by atomic mass is 79.9. The van der Waals surface area contributed by atoms with E-state index in [1.807, 2.05) is 36.4 Å². The van der Waals surface area contributed by atoms with Gasteiger partial charge in [0.2, 0.25) is 0 Å². The zero-order chi connectivity index (χ0) is 20.2. The summed E-state index contributed by atoms with van der Waals surface area (Å²) in [4.78, 5) is 25.0. The van der Waals surface area contributed by atoms with Crippen LogP contribution in [0.1, 0.15) is 28.9 Å². The number of amides is 1. The molecule has 0 aliphatic heterocycles. The Kier molecular flexibility index (Phi) is 5.48. The number of pyridine rings is 3. The normalized spacial score (nSPS) is 11.8. The maximum atomic E-state index is 12.3. The molecular formula is C22H18BrN5O. The largest absolute Gasteiger partial charge is 0.377 e. The van der Waals surface area contributed by atoms with E-state index in [0.717, 1.165) is 32.4 Å². The smallest absolute Gasteiger partial charge is 0.255 e. The van der Waals surface area contributed by atoms with Gasteiger partial charge in [0, 0.05) is 46.6 Å². The maximum absolute atomic E-state index is 12.3. The van der Waals surface area contributed by atoms with Gasteiger partial charge in [-0.1, -0.05) is 12.1 Å². The van der Waals surface area contributed by atoms with Crippen LogP contribution < -0.4 is 10.6 Å². The number of anilines is 2. The van der Waals surface area contributed by atoms with Crippen molar-refractivity contribution in [1.82, 2.24) is 15.0 Å². The summed E-state index contributed by atoms with van der Waals surface area (Å²) in [5, 5.41) is 6.39. The number of nitrogens with zero attached hydrogens (tertiary/aromatic N) is 3. The molecule has 2 N–H and O–H groups in total. The molecule has 3 heterocycles. The molecule has 0 saturated carbocycles. The van der Waals surface area contributed by atoms with Crippen molar-refractivity contribution < 1.29 is 4.79 Å². The topological polar surface area (TPSA) is 79.8 Å². The van der Waals surface area contributed by atoms with Crippen LogP contribution in [0.3, 0.4) is 0 Å². The van der Waals surface area contributed by atoms with Gasteiger partial charge in [-0.3, -0.25) is 19.7 Å². The Labute approximate surface area is 176 Å². The second-order valence-corrected chi connectivity index (χ2v) is 7.47. The fourth-order valence-corrected chi connectivity index (χ4v) is 3.32. The average molecular weight is 448 g/mol. The lowest BCUT2D eigenvalue weighted by molar-refractivity contribution is 0.102. The molecule has 0 radical (unpaired) electrons. The molecule has 0 aliphatic rings. The van der Waals surface area contributed by atoms with Crippen LogP contribution in [0.2, 0.25) is 0 Å². The van der Waals surface area contributed by atoms with Crippen molar-refractivity contribution in [3.8, 4) is 0 Å². The van der Waals surface area contributed by atoms with Crippen LogP contribution in [0, 0.1) is 0 Å². The molecule has 1 aromatic carbocycles. The lowest BCUT2D eigenvalue weighted by Gasteiger charge is -2.17. The molecule has 0 spiro atoms. The number of hydrogen-bond donors (Lipinski definition) is 2. The molecular weight excluding hydrogens is 430 g/mol. The van der Waals surface area contributed by atoms with Gasteiger partial charge in [0.1, 0.15) is 5.52 Å². The van der Waals surface area contributed by atoms with Gasteiger partial charge in [0.05, 0.1) is 11.2 Å². The Balaban J connectivity index is 1.47. The Hall–Kier alpha value is -3.32. The quantitative estimate of drug-likeness (QED) is 0.438. The van der Waals surface area contributed by atoms with Crippen molar-refractivity contribution in [2.45, 2.75) is 13.0 Å². The van der Waals surface area contributed by atoms with Crippen LogP contribution in [0.15, 0.2) is 77.8 Å². The van der Waals surface area contributed by atoms with Crippen molar-refractivity contribution in [2.75, 3.05) is 10.6 Å². The third-order valence-electron chi connectivity index (χ3n) is 4.53. The van der Waals surface area contributed by atoms with Crippen molar-refractivity contribution in [1.29, 1.82) is 0 Å². The Morgan fingerprint density at radius 1 is 1.00 bits per heavy atom. The van der Waals surface area contributed by atoms with E-state index in [0.29, 0.717) is 5.56 Å². The second kappa shape index (κ2) is 8.36. The maximum Gasteiger partial charge on any atom is 0.255 e. The molecule has 1 atom stereocenters. The first kappa shape index (κ1) is 19.0. The minimum atomic E-state index is -0.160. The van der Waals surface area contributed by atoms with Gasteiger partial charge in [-0.15, -0.1) is 0 Å². The van der Waals surface area contributed by atoms with Gasteiger partial charge in [0.15, 0.2) is 0 Å². The summed E-state index contributed by atoms with van der Waals surface area (Å²) in [6.07, 6.45) is 6.73. The first-order valence-corrected chi connectivity index (χ1v) is 9.87. The predicted octanol–water partition coefficient (Wildman–Crippen LogP) is 5.21. The van der Waals surface area contributed by atoms with E-state index in [9.17, 15) is 4.79 Å². The predicted molar refractivity (Wildman–Crippen MR) is 118 cm³/mol. The number of benzene rings is 1. The standard InChI is InChI=1S/C22H18BrN5O/c1-14(27-19-8-11-25-20-12-17(23)13-26-21(19)20)15-2-4-18(5-3-15)28-22(29)16-6-9-24-10-7-16/h2-14H,1H3,(H,25,27)(H,28,29). The van der Waals surface area contributed by atoms with Crippen molar-refractivity contribution in [3.05, 3.63) is 88.9 Å². The van der Waals surface area contributed by atoms with E-state index in [-0.39, 0.29) is 11.9 Å². The van der Waals surface area contributed by atoms with Crippen LogP contribution in [-0.4, -0.2) is 20.9 Å². The third kappa shape index (κ3) is 4.41. The summed E-state index contributed by atoms with van der Waals surface area (Å²) in [6, 6.07) is 15.1. The minimum Gasteiger partial charge on any atom is -0.377 e. The molecule has 0 saturated heterocycles. The van der Waals surface area contributed by atoms with Gasteiger partial charge < -0.3 is 10.6 Å². The Bertz CT molecular complexity index is 1150. The van der Waals surface area contributed by atoms with Crippen LogP contribution in [0.25, 0.3) is 11.0 Å². The molecule has 0 aliphatic carbocycles. The third-order valence-corrected chi connectivity index (χ3v) is 4.96. The molecule has 0 fully saturated rings. The number of carbonyl (C=O) groups excluding carboxylic acids is 1. The molecule has 6 nitrogen and oxygen atoms in total. The van der Waals surface area contributed by atoms with E-state index in [4.69, 9.17) is 0 Å². The Morgan fingerprint density at radius 2 is 1.76 bits per heavy atom. The van der Waals surface area contributed by atoms with E-state index in [1.54, 1.807) is 36.9 Å². The zero-order valence-electron chi connectivity index (χ0n) is 15.6. The second-order valence-electron chi connectivity index (χ2n) is 6.56. The highest BCUT2D eigenvalue weighted by Gasteiger charge is 2.10. The highest BCUT2D eigenvalue weighted by Crippen LogP contribution is 2.26. The SMILES string of the molecule is CC(Nc1ccnc2cc(Br)cnc12)c1ccc(NC(=O)c2ccncc2)cc1. The van der Waals surface area contributed by atoms with Crippen molar-refractivity contribution in [2.24, 2.45) is 0 Å². The summed E-state index contributed by atoms with van der Waals surface area (Å²) in [5.41, 5.74) is 4.97. The van der Waals surface area contributed by atoms with E-state index in [2.05, 4.69) is 48.4 Å². The summed E-state index contributed by atoms with van der Waals surface area (Å²) < 4.78 is 0.895. The zero-order valence-corrected chi connectivity index (χ0v) is 17.2. The van der Waals surface area contributed by atoms with Crippen LogP contribution >= 0.6 is 15.9 Å². The first-order chi connectivity index (χ1) is 14.1. The highest BCUT2D eigenvalue weighted by molar-refractivity contribution is 9.10. The summed E-state index contributed by atoms with van der Waals surface area (Å²) in [6.45, 7) is 2.08. The molecule has 4 rings (SSSR count). The van der Waals surface area contributed by atoms with Gasteiger partial charge in [-0.05, 0) is 64.8 Å². The lowest BCUT2D eigenvalue weighted by Crippen LogP contribution is -2.12. The fourth-order valence-electron chi connectivity index (χ4n) is 3.00. The lowest BCUT2D eigenvalue weighted by atomic mass is 10.1. The minimum absolute atomic E-state index is 0.0518. The molecule has 1 amide bonds. The number of hydrogen-bond acceptors (Lipinski definition) is 5. The molecule has 3 aromatic heterocycles. The summed E-state index contributed by atoms with van der Waals surface area (Å²) in [5.74, 6) is -0.160. The number of halogens is 1. The first-order valence-electron chi connectivity index (χ1n) is 9.08. The molecule has 1 unspecified atom stereocenters. The number of aromatic nitrogens is 3. The van der Waals surface area contributed by atoms with E-state index >= 15 is 0 Å². The molecule has 29 heavy (non-hydrogen) atoms. The van der Waals surface area contributed by atoms with Crippen LogP contribution in [0.4, 0.5) is 11.4 Å².